The van der Waals surface area contributed by atoms with Crippen LogP contribution in [0.1, 0.15) is 38.0 Å². The number of para-hydroxylation sites is 1. The minimum atomic E-state index is -1.02. The SMILES string of the molecule is COc1ccccc1[C@H]1c2c(-c3ccccc3)n[nH]c2C(=O)N1c1ccc(C(=O)O)cc1. The summed E-state index contributed by atoms with van der Waals surface area (Å²) in [4.78, 5) is 26.5. The van der Waals surface area contributed by atoms with Gasteiger partial charge in [-0.3, -0.25) is 14.8 Å². The fourth-order valence-electron chi connectivity index (χ4n) is 4.18. The smallest absolute Gasteiger partial charge is 0.335 e. The fourth-order valence-corrected chi connectivity index (χ4v) is 4.18. The highest BCUT2D eigenvalue weighted by molar-refractivity contribution is 6.12. The Hall–Kier alpha value is -4.39. The lowest BCUT2D eigenvalue weighted by atomic mass is 9.95. The maximum atomic E-state index is 13.5. The summed E-state index contributed by atoms with van der Waals surface area (Å²) in [5.41, 5.74) is 4.28. The van der Waals surface area contributed by atoms with Crippen molar-refractivity contribution in [2.24, 2.45) is 0 Å². The normalized spacial score (nSPS) is 15.0. The van der Waals surface area contributed by atoms with E-state index in [1.54, 1.807) is 24.1 Å². The van der Waals surface area contributed by atoms with Crippen LogP contribution in [0.15, 0.2) is 78.9 Å². The second-order valence-electron chi connectivity index (χ2n) is 7.40. The number of rotatable bonds is 5. The second kappa shape index (κ2) is 7.70. The summed E-state index contributed by atoms with van der Waals surface area (Å²) in [7, 11) is 1.59. The molecule has 2 N–H and O–H groups in total. The number of aromatic nitrogens is 2. The number of nitrogens with zero attached hydrogens (tertiary/aromatic N) is 2. The quantitative estimate of drug-likeness (QED) is 0.490. The monoisotopic (exact) mass is 425 g/mol. The Morgan fingerprint density at radius 2 is 1.69 bits per heavy atom. The highest BCUT2D eigenvalue weighted by Gasteiger charge is 2.44. The molecule has 7 heteroatoms. The number of carbonyl (C=O) groups excluding carboxylic acids is 1. The van der Waals surface area contributed by atoms with Crippen molar-refractivity contribution < 1.29 is 19.4 Å². The van der Waals surface area contributed by atoms with E-state index >= 15 is 0 Å². The number of carboxylic acids is 1. The molecule has 1 amide bonds. The molecule has 1 aliphatic rings. The largest absolute Gasteiger partial charge is 0.496 e. The third-order valence-electron chi connectivity index (χ3n) is 5.64. The molecule has 0 bridgehead atoms. The van der Waals surface area contributed by atoms with E-state index in [9.17, 15) is 14.7 Å². The third kappa shape index (κ3) is 3.02. The highest BCUT2D eigenvalue weighted by Crippen LogP contribution is 2.47. The maximum Gasteiger partial charge on any atom is 0.335 e. The van der Waals surface area contributed by atoms with Gasteiger partial charge in [-0.05, 0) is 30.3 Å². The molecule has 158 valence electrons. The summed E-state index contributed by atoms with van der Waals surface area (Å²) in [5, 5.41) is 16.6. The van der Waals surface area contributed by atoms with Gasteiger partial charge in [-0.1, -0.05) is 48.5 Å². The summed E-state index contributed by atoms with van der Waals surface area (Å²) in [6, 6.07) is 23.0. The molecule has 1 atom stereocenters. The molecular weight excluding hydrogens is 406 g/mol. The molecular formula is C25H19N3O4. The van der Waals surface area contributed by atoms with Crippen LogP contribution in [0.25, 0.3) is 11.3 Å². The number of aromatic carboxylic acids is 1. The Kier molecular flexibility index (Phi) is 4.71. The van der Waals surface area contributed by atoms with Crippen molar-refractivity contribution in [3.63, 3.8) is 0 Å². The van der Waals surface area contributed by atoms with E-state index in [0.29, 0.717) is 22.8 Å². The predicted octanol–water partition coefficient (Wildman–Crippen LogP) is 4.53. The van der Waals surface area contributed by atoms with Crippen LogP contribution < -0.4 is 9.64 Å². The van der Waals surface area contributed by atoms with Crippen molar-refractivity contribution in [3.05, 3.63) is 101 Å². The Balaban J connectivity index is 1.72. The Morgan fingerprint density at radius 1 is 1.00 bits per heavy atom. The van der Waals surface area contributed by atoms with Crippen LogP contribution in [0, 0.1) is 0 Å². The lowest BCUT2D eigenvalue weighted by molar-refractivity contribution is 0.0696. The zero-order chi connectivity index (χ0) is 22.2. The van der Waals surface area contributed by atoms with Gasteiger partial charge in [-0.2, -0.15) is 5.10 Å². The fraction of sp³-hybridized carbons (Fsp3) is 0.0800. The molecule has 4 aromatic rings. The van der Waals surface area contributed by atoms with E-state index in [0.717, 1.165) is 16.7 Å². The first kappa shape index (κ1) is 19.6. The van der Waals surface area contributed by atoms with Gasteiger partial charge in [-0.15, -0.1) is 0 Å². The van der Waals surface area contributed by atoms with Gasteiger partial charge in [0.2, 0.25) is 0 Å². The van der Waals surface area contributed by atoms with Crippen LogP contribution in [0.5, 0.6) is 5.75 Å². The van der Waals surface area contributed by atoms with Crippen LogP contribution in [0.4, 0.5) is 5.69 Å². The number of hydrogen-bond donors (Lipinski definition) is 2. The second-order valence-corrected chi connectivity index (χ2v) is 7.40. The van der Waals surface area contributed by atoms with Crippen LogP contribution in [-0.2, 0) is 0 Å². The number of aromatic amines is 1. The summed E-state index contributed by atoms with van der Waals surface area (Å²) in [6.45, 7) is 0. The number of ether oxygens (including phenoxy) is 1. The minimum Gasteiger partial charge on any atom is -0.496 e. The topological polar surface area (TPSA) is 95.5 Å². The number of carboxylic acid groups (broad SMARTS) is 1. The third-order valence-corrected chi connectivity index (χ3v) is 5.64. The standard InChI is InChI=1S/C25H19N3O4/c1-32-19-10-6-5-9-18(19)23-20-21(15-7-3-2-4-8-15)26-27-22(20)24(29)28(23)17-13-11-16(12-14-17)25(30)31/h2-14,23H,1H3,(H,26,27)(H,30,31)/t23-/m0/s1. The molecule has 0 saturated heterocycles. The van der Waals surface area contributed by atoms with Crippen molar-refractivity contribution in [2.75, 3.05) is 12.0 Å². The van der Waals surface area contributed by atoms with E-state index in [2.05, 4.69) is 10.2 Å². The maximum absolute atomic E-state index is 13.5. The van der Waals surface area contributed by atoms with Crippen LogP contribution in [0.2, 0.25) is 0 Å². The van der Waals surface area contributed by atoms with Crippen LogP contribution >= 0.6 is 0 Å². The molecule has 0 saturated carbocycles. The van der Waals surface area contributed by atoms with Crippen molar-refractivity contribution in [1.82, 2.24) is 10.2 Å². The zero-order valence-electron chi connectivity index (χ0n) is 17.1. The number of benzene rings is 3. The average Bonchev–Trinajstić information content (AvgIpc) is 3.38. The lowest BCUT2D eigenvalue weighted by Gasteiger charge is -2.27. The molecule has 5 rings (SSSR count). The number of anilines is 1. The van der Waals surface area contributed by atoms with Gasteiger partial charge in [0.25, 0.3) is 5.91 Å². The highest BCUT2D eigenvalue weighted by atomic mass is 16.5. The molecule has 32 heavy (non-hydrogen) atoms. The minimum absolute atomic E-state index is 0.152. The van der Waals surface area contributed by atoms with Gasteiger partial charge in [0.15, 0.2) is 0 Å². The summed E-state index contributed by atoms with van der Waals surface area (Å²) >= 11 is 0. The van der Waals surface area contributed by atoms with Gasteiger partial charge in [0, 0.05) is 22.4 Å². The first-order chi connectivity index (χ1) is 15.6. The van der Waals surface area contributed by atoms with E-state index in [4.69, 9.17) is 4.74 Å². The zero-order valence-corrected chi connectivity index (χ0v) is 17.1. The molecule has 3 aromatic carbocycles. The van der Waals surface area contributed by atoms with E-state index in [1.165, 1.54) is 12.1 Å². The lowest BCUT2D eigenvalue weighted by Crippen LogP contribution is -2.29. The average molecular weight is 425 g/mol. The van der Waals surface area contributed by atoms with Crippen molar-refractivity contribution in [3.8, 4) is 17.0 Å². The van der Waals surface area contributed by atoms with Gasteiger partial charge in [0.05, 0.1) is 24.4 Å². The summed E-state index contributed by atoms with van der Waals surface area (Å²) in [6.07, 6.45) is 0. The van der Waals surface area contributed by atoms with E-state index in [1.807, 2.05) is 54.6 Å². The molecule has 2 heterocycles. The molecule has 0 aliphatic carbocycles. The number of fused-ring (bicyclic) bond motifs is 1. The summed E-state index contributed by atoms with van der Waals surface area (Å²) < 4.78 is 5.62. The molecule has 0 unspecified atom stereocenters. The number of methoxy groups -OCH3 is 1. The molecule has 7 nitrogen and oxygen atoms in total. The predicted molar refractivity (Wildman–Crippen MR) is 119 cm³/mol. The number of hydrogen-bond acceptors (Lipinski definition) is 4. The van der Waals surface area contributed by atoms with Gasteiger partial charge in [0.1, 0.15) is 11.4 Å². The van der Waals surface area contributed by atoms with Crippen molar-refractivity contribution in [2.45, 2.75) is 6.04 Å². The molecule has 1 aliphatic heterocycles. The van der Waals surface area contributed by atoms with E-state index in [-0.39, 0.29) is 11.5 Å². The van der Waals surface area contributed by atoms with Crippen LogP contribution in [0.3, 0.4) is 0 Å². The number of carbonyl (C=O) groups is 2. The first-order valence-electron chi connectivity index (χ1n) is 10.0. The van der Waals surface area contributed by atoms with Gasteiger partial charge < -0.3 is 9.84 Å². The van der Waals surface area contributed by atoms with Gasteiger partial charge >= 0.3 is 5.97 Å². The number of H-pyrrole nitrogens is 1. The van der Waals surface area contributed by atoms with Crippen molar-refractivity contribution >= 4 is 17.6 Å². The Morgan fingerprint density at radius 3 is 2.38 bits per heavy atom. The Bertz CT molecular complexity index is 1310. The first-order valence-corrected chi connectivity index (χ1v) is 10.0. The molecule has 0 radical (unpaired) electrons. The molecule has 1 aromatic heterocycles. The number of nitrogens with one attached hydrogen (secondary N) is 1. The van der Waals surface area contributed by atoms with Crippen molar-refractivity contribution in [1.29, 1.82) is 0 Å². The Labute approximate surface area is 183 Å². The number of amides is 1. The molecule has 0 fully saturated rings. The molecule has 0 spiro atoms. The van der Waals surface area contributed by atoms with E-state index < -0.39 is 12.0 Å². The van der Waals surface area contributed by atoms with Crippen LogP contribution in [-0.4, -0.2) is 34.3 Å². The van der Waals surface area contributed by atoms with Gasteiger partial charge in [-0.25, -0.2) is 4.79 Å². The summed E-state index contributed by atoms with van der Waals surface area (Å²) in [5.74, 6) is -0.620.